The van der Waals surface area contributed by atoms with Crippen molar-refractivity contribution in [3.05, 3.63) is 12.7 Å². The van der Waals surface area contributed by atoms with Gasteiger partial charge < -0.3 is 4.74 Å². The number of halogens is 17. The number of hydrogen-bond acceptors (Lipinski definition) is 2. The SMILES string of the molecule is C=CC(=O)OC(F)(F)C(F)(F)C(F)(F)C(F)(F)C(F)(F)C(F)(C(F)(F)F)C(F)(F)F. The van der Waals surface area contributed by atoms with Crippen LogP contribution in [0.15, 0.2) is 12.7 Å². The van der Waals surface area contributed by atoms with Crippen molar-refractivity contribution >= 4 is 5.97 Å². The van der Waals surface area contributed by atoms with Crippen molar-refractivity contribution in [2.45, 2.75) is 47.8 Å². The van der Waals surface area contributed by atoms with Crippen LogP contribution in [0.2, 0.25) is 0 Å². The minimum absolute atomic E-state index is 0.491. The summed E-state index contributed by atoms with van der Waals surface area (Å²) < 4.78 is 220. The highest BCUT2D eigenvalue weighted by Crippen LogP contribution is 2.65. The molecule has 0 aromatic carbocycles. The quantitative estimate of drug-likeness (QED) is 0.261. The maximum Gasteiger partial charge on any atom is 0.473 e. The molecule has 0 radical (unpaired) electrons. The number of carbonyl (C=O) groups excluding carboxylic acids is 1. The van der Waals surface area contributed by atoms with E-state index < -0.39 is 59.9 Å². The predicted molar refractivity (Wildman–Crippen MR) is 57.0 cm³/mol. The van der Waals surface area contributed by atoms with Gasteiger partial charge in [-0.05, 0) is 0 Å². The topological polar surface area (TPSA) is 26.3 Å². The number of hydrogen-bond donors (Lipinski definition) is 0. The lowest BCUT2D eigenvalue weighted by molar-refractivity contribution is -0.476. The summed E-state index contributed by atoms with van der Waals surface area (Å²) in [7, 11) is 0. The molecular weight excluding hydrogens is 487 g/mol. The molecule has 0 amide bonds. The van der Waals surface area contributed by atoms with Crippen molar-refractivity contribution < 1.29 is 84.2 Å². The standard InChI is InChI=1S/C11H3F17O2/c1-2-3(29)30-11(27,28)8(19,20)7(17,18)6(15,16)5(13,14)4(12,9(21,22)23)10(24,25)26/h2H,1H2. The van der Waals surface area contributed by atoms with E-state index in [1.54, 1.807) is 0 Å². The smallest absolute Gasteiger partial charge is 0.393 e. The fourth-order valence-corrected chi connectivity index (χ4v) is 1.54. The molecule has 0 aliphatic rings. The highest BCUT2D eigenvalue weighted by atomic mass is 19.4. The first-order chi connectivity index (χ1) is 12.7. The molecule has 0 atom stereocenters. The zero-order chi connectivity index (χ0) is 25.0. The van der Waals surface area contributed by atoms with Crippen LogP contribution in [0, 0.1) is 0 Å². The number of carbonyl (C=O) groups is 1. The van der Waals surface area contributed by atoms with Gasteiger partial charge in [0.25, 0.3) is 0 Å². The van der Waals surface area contributed by atoms with Gasteiger partial charge in [0.15, 0.2) is 0 Å². The zero-order valence-electron chi connectivity index (χ0n) is 13.0. The van der Waals surface area contributed by atoms with Gasteiger partial charge in [-0.2, -0.15) is 70.2 Å². The Morgan fingerprint density at radius 3 is 1.13 bits per heavy atom. The van der Waals surface area contributed by atoms with Crippen molar-refractivity contribution in [1.29, 1.82) is 0 Å². The Morgan fingerprint density at radius 1 is 0.567 bits per heavy atom. The van der Waals surface area contributed by atoms with Crippen LogP contribution < -0.4 is 0 Å². The Balaban J connectivity index is 6.89. The average molecular weight is 490 g/mol. The van der Waals surface area contributed by atoms with Crippen molar-refractivity contribution in [1.82, 2.24) is 0 Å². The van der Waals surface area contributed by atoms with E-state index in [1.165, 1.54) is 0 Å². The molecule has 0 saturated heterocycles. The van der Waals surface area contributed by atoms with Crippen LogP contribution in [0.25, 0.3) is 0 Å². The zero-order valence-corrected chi connectivity index (χ0v) is 13.0. The molecule has 0 aliphatic heterocycles. The Kier molecular flexibility index (Phi) is 6.56. The van der Waals surface area contributed by atoms with Crippen LogP contribution in [0.3, 0.4) is 0 Å². The highest BCUT2D eigenvalue weighted by Gasteiger charge is 2.97. The van der Waals surface area contributed by atoms with Crippen LogP contribution in [0.1, 0.15) is 0 Å². The van der Waals surface area contributed by atoms with Crippen molar-refractivity contribution in [3.63, 3.8) is 0 Å². The van der Waals surface area contributed by atoms with E-state index in [2.05, 4.69) is 11.3 Å². The molecule has 19 heteroatoms. The molecular formula is C11H3F17O2. The van der Waals surface area contributed by atoms with E-state index >= 15 is 0 Å². The summed E-state index contributed by atoms with van der Waals surface area (Å²) in [5, 5.41) is 0. The van der Waals surface area contributed by atoms with Crippen LogP contribution in [-0.2, 0) is 9.53 Å². The molecule has 0 rings (SSSR count). The summed E-state index contributed by atoms with van der Waals surface area (Å²) >= 11 is 0. The van der Waals surface area contributed by atoms with E-state index in [0.717, 1.165) is 0 Å². The molecule has 0 heterocycles. The van der Waals surface area contributed by atoms with Gasteiger partial charge in [0.2, 0.25) is 0 Å². The van der Waals surface area contributed by atoms with Crippen LogP contribution in [-0.4, -0.2) is 53.8 Å². The average Bonchev–Trinajstić information content (AvgIpc) is 2.50. The van der Waals surface area contributed by atoms with Gasteiger partial charge in [-0.1, -0.05) is 6.58 Å². The van der Waals surface area contributed by atoms with Gasteiger partial charge in [-0.15, -0.1) is 0 Å². The minimum atomic E-state index is -8.86. The maximum atomic E-state index is 13.3. The number of alkyl halides is 17. The van der Waals surface area contributed by atoms with Crippen LogP contribution >= 0.6 is 0 Å². The second-order valence-corrected chi connectivity index (χ2v) is 5.09. The van der Waals surface area contributed by atoms with E-state index in [4.69, 9.17) is 0 Å². The van der Waals surface area contributed by atoms with Crippen molar-refractivity contribution in [2.75, 3.05) is 0 Å². The third kappa shape index (κ3) is 3.52. The summed E-state index contributed by atoms with van der Waals surface area (Å²) in [5.41, 5.74) is -8.62. The molecule has 0 fully saturated rings. The first-order valence-corrected chi connectivity index (χ1v) is 6.27. The fourth-order valence-electron chi connectivity index (χ4n) is 1.54. The van der Waals surface area contributed by atoms with E-state index in [0.29, 0.717) is 0 Å². The van der Waals surface area contributed by atoms with Crippen LogP contribution in [0.4, 0.5) is 74.6 Å². The highest BCUT2D eigenvalue weighted by molar-refractivity contribution is 5.81. The van der Waals surface area contributed by atoms with Gasteiger partial charge >= 0.3 is 53.8 Å². The number of ether oxygens (including phenoxy) is 1. The molecule has 0 aromatic heterocycles. The van der Waals surface area contributed by atoms with Gasteiger partial charge in [-0.3, -0.25) is 0 Å². The Bertz CT molecular complexity index is 656. The van der Waals surface area contributed by atoms with Crippen LogP contribution in [0.5, 0.6) is 0 Å². The normalized spacial score (nSPS) is 15.8. The third-order valence-corrected chi connectivity index (χ3v) is 3.16. The summed E-state index contributed by atoms with van der Waals surface area (Å²) in [6.07, 6.45) is -24.1. The van der Waals surface area contributed by atoms with Crippen molar-refractivity contribution in [3.8, 4) is 0 Å². The Labute approximate surface area is 152 Å². The molecule has 30 heavy (non-hydrogen) atoms. The largest absolute Gasteiger partial charge is 0.473 e. The lowest BCUT2D eigenvalue weighted by Crippen LogP contribution is -2.77. The summed E-state index contributed by atoms with van der Waals surface area (Å²) in [6, 6.07) is 0. The lowest BCUT2D eigenvalue weighted by atomic mass is 9.85. The molecule has 0 spiro atoms. The van der Waals surface area contributed by atoms with Gasteiger partial charge in [0.05, 0.1) is 0 Å². The van der Waals surface area contributed by atoms with E-state index in [1.807, 2.05) is 0 Å². The fraction of sp³-hybridized carbons (Fsp3) is 0.727. The number of esters is 1. The molecule has 0 bridgehead atoms. The molecule has 0 N–H and O–H groups in total. The molecule has 2 nitrogen and oxygen atoms in total. The minimum Gasteiger partial charge on any atom is -0.393 e. The molecule has 178 valence electrons. The summed E-state index contributed by atoms with van der Waals surface area (Å²) in [5.74, 6) is -37.2. The van der Waals surface area contributed by atoms with E-state index in [9.17, 15) is 79.4 Å². The summed E-state index contributed by atoms with van der Waals surface area (Å²) in [6.45, 7) is 2.26. The summed E-state index contributed by atoms with van der Waals surface area (Å²) in [4.78, 5) is 10.4. The first-order valence-electron chi connectivity index (χ1n) is 6.27. The molecule has 0 aliphatic carbocycles. The van der Waals surface area contributed by atoms with Gasteiger partial charge in [0, 0.05) is 6.08 Å². The monoisotopic (exact) mass is 490 g/mol. The molecule has 0 unspecified atom stereocenters. The van der Waals surface area contributed by atoms with Crippen molar-refractivity contribution in [2.24, 2.45) is 0 Å². The predicted octanol–water partition coefficient (Wildman–Crippen LogP) is 5.68. The van der Waals surface area contributed by atoms with Gasteiger partial charge in [0.1, 0.15) is 0 Å². The Morgan fingerprint density at radius 2 is 0.867 bits per heavy atom. The van der Waals surface area contributed by atoms with E-state index in [-0.39, 0.29) is 0 Å². The first kappa shape index (κ1) is 28.0. The maximum absolute atomic E-state index is 13.3. The third-order valence-electron chi connectivity index (χ3n) is 3.16. The second kappa shape index (κ2) is 7.03. The number of rotatable bonds is 7. The Hall–Kier alpha value is -1.98. The molecule has 0 saturated carbocycles. The lowest BCUT2D eigenvalue weighted by Gasteiger charge is -2.43. The molecule has 0 aromatic rings. The second-order valence-electron chi connectivity index (χ2n) is 5.09. The van der Waals surface area contributed by atoms with Gasteiger partial charge in [-0.25, -0.2) is 9.18 Å².